The van der Waals surface area contributed by atoms with E-state index >= 15 is 4.39 Å². The van der Waals surface area contributed by atoms with Gasteiger partial charge in [0.25, 0.3) is 0 Å². The summed E-state index contributed by atoms with van der Waals surface area (Å²) in [5.74, 6) is -3.69. The van der Waals surface area contributed by atoms with Gasteiger partial charge in [-0.1, -0.05) is 24.3 Å². The Morgan fingerprint density at radius 2 is 1.97 bits per heavy atom. The van der Waals surface area contributed by atoms with E-state index in [1.54, 1.807) is 31.3 Å². The van der Waals surface area contributed by atoms with Crippen LogP contribution in [0, 0.1) is 0 Å². The molecule has 1 unspecified atom stereocenters. The van der Waals surface area contributed by atoms with Crippen LogP contribution >= 0.6 is 18.9 Å². The molecule has 4 aromatic rings. The number of nitrogens with zero attached hydrogens (tertiary/aromatic N) is 4. The molecular formula is C22H21FN5O6PS. The van der Waals surface area contributed by atoms with Crippen molar-refractivity contribution in [2.75, 3.05) is 0 Å². The van der Waals surface area contributed by atoms with Crippen LogP contribution in [0.5, 0.6) is 5.75 Å². The Hall–Kier alpha value is -3.67. The lowest BCUT2D eigenvalue weighted by molar-refractivity contribution is -0.146. The predicted molar refractivity (Wildman–Crippen MR) is 129 cm³/mol. The summed E-state index contributed by atoms with van der Waals surface area (Å²) < 4.78 is 42.5. The first-order valence-corrected chi connectivity index (χ1v) is 13.1. The van der Waals surface area contributed by atoms with Crippen molar-refractivity contribution in [3.05, 3.63) is 70.9 Å². The van der Waals surface area contributed by atoms with Crippen LogP contribution in [-0.4, -0.2) is 43.3 Å². The lowest BCUT2D eigenvalue weighted by atomic mass is 10.2. The number of hydrogen-bond acceptors (Lipinski definition) is 9. The molecule has 0 radical (unpaired) electrons. The third-order valence-electron chi connectivity index (χ3n) is 5.09. The summed E-state index contributed by atoms with van der Waals surface area (Å²) in [6.07, 6.45) is 0. The zero-order chi connectivity index (χ0) is 25.9. The molecule has 0 aliphatic rings. The van der Waals surface area contributed by atoms with E-state index < -0.39 is 31.4 Å². The van der Waals surface area contributed by atoms with Gasteiger partial charge < -0.3 is 14.4 Å². The molecule has 0 aliphatic carbocycles. The average Bonchev–Trinajstić information content (AvgIpc) is 3.48. The molecule has 0 fully saturated rings. The minimum atomic E-state index is -4.42. The SMILES string of the molecule is C[C@H](NP(=O)(Oc1ccccc1)[C@@H](F)c1ccc2sc(C(=O)O)cc2c1)C(=O)OCc1nnnn1C. The number of nitrogens with one attached hydrogen (secondary N) is 1. The molecule has 0 saturated heterocycles. The van der Waals surface area contributed by atoms with Gasteiger partial charge in [-0.15, -0.1) is 16.4 Å². The number of aryl methyl sites for hydroxylation is 1. The number of benzene rings is 2. The van der Waals surface area contributed by atoms with Gasteiger partial charge in [-0.3, -0.25) is 9.36 Å². The summed E-state index contributed by atoms with van der Waals surface area (Å²) in [7, 11) is -2.85. The lowest BCUT2D eigenvalue weighted by Gasteiger charge is -2.26. The van der Waals surface area contributed by atoms with E-state index in [1.807, 2.05) is 0 Å². The second kappa shape index (κ2) is 10.5. The molecule has 0 saturated carbocycles. The molecule has 2 aromatic carbocycles. The first kappa shape index (κ1) is 25.4. The van der Waals surface area contributed by atoms with Gasteiger partial charge in [0.05, 0.1) is 0 Å². The highest BCUT2D eigenvalue weighted by Crippen LogP contribution is 2.58. The van der Waals surface area contributed by atoms with Crippen LogP contribution in [0.2, 0.25) is 0 Å². The fourth-order valence-electron chi connectivity index (χ4n) is 3.24. The maximum absolute atomic E-state index is 15.9. The van der Waals surface area contributed by atoms with Crippen molar-refractivity contribution in [2.24, 2.45) is 7.05 Å². The summed E-state index contributed by atoms with van der Waals surface area (Å²) >= 11 is 1.04. The van der Waals surface area contributed by atoms with Crippen molar-refractivity contribution in [3.63, 3.8) is 0 Å². The molecule has 3 atom stereocenters. The normalized spacial score (nSPS) is 14.6. The van der Waals surface area contributed by atoms with Crippen LogP contribution in [0.25, 0.3) is 10.1 Å². The van der Waals surface area contributed by atoms with Gasteiger partial charge >= 0.3 is 19.5 Å². The Morgan fingerprint density at radius 1 is 1.22 bits per heavy atom. The number of alkyl halides is 1. The topological polar surface area (TPSA) is 146 Å². The number of thiophene rings is 1. The van der Waals surface area contributed by atoms with Crippen LogP contribution in [-0.2, 0) is 27.8 Å². The molecule has 188 valence electrons. The number of halogens is 1. The van der Waals surface area contributed by atoms with Gasteiger partial charge in [0.15, 0.2) is 12.4 Å². The number of carbonyl (C=O) groups is 2. The molecule has 0 amide bonds. The van der Waals surface area contributed by atoms with Gasteiger partial charge in [-0.05, 0) is 58.6 Å². The first-order chi connectivity index (χ1) is 17.2. The molecule has 4 rings (SSSR count). The molecule has 11 nitrogen and oxygen atoms in total. The van der Waals surface area contributed by atoms with E-state index in [1.165, 1.54) is 41.9 Å². The molecule has 14 heteroatoms. The molecule has 2 N–H and O–H groups in total. The van der Waals surface area contributed by atoms with E-state index in [0.717, 1.165) is 11.3 Å². The molecule has 36 heavy (non-hydrogen) atoms. The maximum Gasteiger partial charge on any atom is 0.355 e. The minimum absolute atomic E-state index is 0.00488. The zero-order valence-electron chi connectivity index (χ0n) is 19.1. The smallest absolute Gasteiger partial charge is 0.355 e. The number of carbonyl (C=O) groups excluding carboxylic acids is 1. The summed E-state index contributed by atoms with van der Waals surface area (Å²) in [6.45, 7) is 1.13. The largest absolute Gasteiger partial charge is 0.477 e. The van der Waals surface area contributed by atoms with E-state index in [-0.39, 0.29) is 28.6 Å². The predicted octanol–water partition coefficient (Wildman–Crippen LogP) is 4.08. The van der Waals surface area contributed by atoms with E-state index in [0.29, 0.717) is 10.1 Å². The molecule has 0 aliphatic heterocycles. The van der Waals surface area contributed by atoms with Crippen LogP contribution in [0.15, 0.2) is 54.6 Å². The minimum Gasteiger partial charge on any atom is -0.477 e. The van der Waals surface area contributed by atoms with Gasteiger partial charge in [-0.2, -0.15) is 0 Å². The monoisotopic (exact) mass is 533 g/mol. The number of aromatic carboxylic acids is 1. The number of carboxylic acids is 1. The third-order valence-corrected chi connectivity index (χ3v) is 8.32. The fourth-order valence-corrected chi connectivity index (χ4v) is 6.03. The Kier molecular flexibility index (Phi) is 7.43. The van der Waals surface area contributed by atoms with Gasteiger partial charge in [-0.25, -0.2) is 19.0 Å². The highest BCUT2D eigenvalue weighted by molar-refractivity contribution is 7.57. The average molecular weight is 533 g/mol. The van der Waals surface area contributed by atoms with Crippen molar-refractivity contribution < 1.29 is 32.9 Å². The summed E-state index contributed by atoms with van der Waals surface area (Å²) in [4.78, 5) is 23.9. The number of para-hydroxylation sites is 1. The van der Waals surface area contributed by atoms with Crippen LogP contribution in [0.4, 0.5) is 4.39 Å². The maximum atomic E-state index is 15.9. The number of hydrogen-bond donors (Lipinski definition) is 2. The Balaban J connectivity index is 1.59. The number of aromatic nitrogens is 4. The highest BCUT2D eigenvalue weighted by atomic mass is 32.1. The summed E-state index contributed by atoms with van der Waals surface area (Å²) in [5, 5.41) is 23.0. The second-order valence-corrected chi connectivity index (χ2v) is 10.9. The first-order valence-electron chi connectivity index (χ1n) is 10.6. The van der Waals surface area contributed by atoms with E-state index in [9.17, 15) is 19.3 Å². The van der Waals surface area contributed by atoms with Crippen molar-refractivity contribution in [2.45, 2.75) is 25.5 Å². The lowest BCUT2D eigenvalue weighted by Crippen LogP contribution is -2.35. The van der Waals surface area contributed by atoms with Gasteiger partial charge in [0.1, 0.15) is 16.7 Å². The number of fused-ring (bicyclic) bond motifs is 1. The molecule has 2 aromatic heterocycles. The number of tetrazole rings is 1. The highest BCUT2D eigenvalue weighted by Gasteiger charge is 2.41. The van der Waals surface area contributed by atoms with Crippen molar-refractivity contribution in [1.29, 1.82) is 0 Å². The number of esters is 1. The van der Waals surface area contributed by atoms with Crippen molar-refractivity contribution in [1.82, 2.24) is 25.3 Å². The van der Waals surface area contributed by atoms with E-state index in [2.05, 4.69) is 20.6 Å². The van der Waals surface area contributed by atoms with E-state index in [4.69, 9.17) is 9.26 Å². The van der Waals surface area contributed by atoms with Crippen LogP contribution in [0.3, 0.4) is 0 Å². The Morgan fingerprint density at radius 3 is 2.64 bits per heavy atom. The summed E-state index contributed by atoms with van der Waals surface area (Å²) in [6, 6.07) is 12.5. The standard InChI is InChI=1S/C22H21FN5O6PS/c1-13(22(31)33-12-19-24-26-27-28(19)2)25-35(32,34-16-6-4-3-5-7-16)20(23)14-8-9-17-15(10-14)11-18(36-17)21(29)30/h3-11,13,20H,12H2,1-2H3,(H,25,32)(H,29,30)/t13-,20+,35?/m0/s1. The van der Waals surface area contributed by atoms with Crippen molar-refractivity contribution >= 4 is 40.9 Å². The molecule has 0 bridgehead atoms. The number of rotatable bonds is 10. The van der Waals surface area contributed by atoms with Gasteiger partial charge in [0.2, 0.25) is 5.91 Å². The van der Waals surface area contributed by atoms with Crippen LogP contribution in [0.1, 0.15) is 33.9 Å². The molecular weight excluding hydrogens is 512 g/mol. The molecule has 0 spiro atoms. The number of ether oxygens (including phenoxy) is 1. The van der Waals surface area contributed by atoms with Crippen LogP contribution < -0.4 is 9.61 Å². The number of carboxylic acid groups (broad SMARTS) is 1. The Labute approximate surface area is 208 Å². The van der Waals surface area contributed by atoms with Gasteiger partial charge in [0, 0.05) is 11.7 Å². The molecule has 2 heterocycles. The Bertz CT molecular complexity index is 1450. The third kappa shape index (κ3) is 5.59. The quantitative estimate of drug-likeness (QED) is 0.226. The summed E-state index contributed by atoms with van der Waals surface area (Å²) in [5.41, 5.74) is -0.00488. The second-order valence-electron chi connectivity index (χ2n) is 7.73. The zero-order valence-corrected chi connectivity index (χ0v) is 20.8. The van der Waals surface area contributed by atoms with Crippen molar-refractivity contribution in [3.8, 4) is 5.75 Å². The fraction of sp³-hybridized carbons (Fsp3) is 0.227.